The van der Waals surface area contributed by atoms with Gasteiger partial charge in [-0.15, -0.1) is 0 Å². The molecule has 0 amide bonds. The Kier molecular flexibility index (Phi) is 5.48. The first-order valence-electron chi connectivity index (χ1n) is 8.91. The fourth-order valence-corrected chi connectivity index (χ4v) is 3.26. The van der Waals surface area contributed by atoms with Crippen molar-refractivity contribution in [2.45, 2.75) is 25.8 Å². The van der Waals surface area contributed by atoms with Crippen molar-refractivity contribution < 1.29 is 0 Å². The maximum Gasteiger partial charge on any atom is 0.227 e. The zero-order chi connectivity index (χ0) is 17.8. The quantitative estimate of drug-likeness (QED) is 0.802. The highest BCUT2D eigenvalue weighted by molar-refractivity contribution is 5.42. The number of hydrogen-bond donors (Lipinski definition) is 0. The smallest absolute Gasteiger partial charge is 0.227 e. The second-order valence-corrected chi connectivity index (χ2v) is 6.98. The van der Waals surface area contributed by atoms with Crippen molar-refractivity contribution in [1.29, 1.82) is 0 Å². The van der Waals surface area contributed by atoms with E-state index in [0.717, 1.165) is 49.9 Å². The molecule has 2 aromatic heterocycles. The van der Waals surface area contributed by atoms with E-state index in [2.05, 4.69) is 43.9 Å². The maximum atomic E-state index is 4.66. The van der Waals surface area contributed by atoms with E-state index in [1.54, 1.807) is 0 Å². The van der Waals surface area contributed by atoms with Gasteiger partial charge in [0.05, 0.1) is 0 Å². The molecule has 0 spiro atoms. The fraction of sp³-hybridized carbons (Fsp3) is 0.526. The lowest BCUT2D eigenvalue weighted by Gasteiger charge is -2.25. The molecule has 134 valence electrons. The van der Waals surface area contributed by atoms with E-state index in [1.807, 2.05) is 44.2 Å². The Morgan fingerprint density at radius 2 is 2.00 bits per heavy atom. The van der Waals surface area contributed by atoms with Crippen molar-refractivity contribution in [3.8, 4) is 0 Å². The summed E-state index contributed by atoms with van der Waals surface area (Å²) in [5.41, 5.74) is 2.27. The monoisotopic (exact) mass is 340 g/mol. The molecule has 0 aromatic carbocycles. The average Bonchev–Trinajstić information content (AvgIpc) is 3.08. The van der Waals surface area contributed by atoms with Gasteiger partial charge in [-0.3, -0.25) is 4.98 Å². The van der Waals surface area contributed by atoms with Crippen molar-refractivity contribution in [3.63, 3.8) is 0 Å². The SMILES string of the molecule is Cc1cccc(CCN2CCC(N(C)c3nccc(N(C)C)n3)C2)n1. The van der Waals surface area contributed by atoms with Gasteiger partial charge in [0.2, 0.25) is 5.95 Å². The largest absolute Gasteiger partial charge is 0.363 e. The van der Waals surface area contributed by atoms with E-state index >= 15 is 0 Å². The third kappa shape index (κ3) is 4.45. The lowest BCUT2D eigenvalue weighted by molar-refractivity contribution is 0.336. The first kappa shape index (κ1) is 17.6. The molecule has 1 saturated heterocycles. The highest BCUT2D eigenvalue weighted by Crippen LogP contribution is 2.20. The molecule has 25 heavy (non-hydrogen) atoms. The Hall–Kier alpha value is -2.21. The van der Waals surface area contributed by atoms with Gasteiger partial charge in [0.25, 0.3) is 0 Å². The molecule has 1 aliphatic heterocycles. The molecule has 2 aromatic rings. The average molecular weight is 340 g/mol. The molecule has 6 nitrogen and oxygen atoms in total. The summed E-state index contributed by atoms with van der Waals surface area (Å²) in [4.78, 5) is 20.5. The summed E-state index contributed by atoms with van der Waals surface area (Å²) < 4.78 is 0. The number of anilines is 2. The summed E-state index contributed by atoms with van der Waals surface area (Å²) >= 11 is 0. The summed E-state index contributed by atoms with van der Waals surface area (Å²) in [6.07, 6.45) is 3.99. The number of aromatic nitrogens is 3. The zero-order valence-electron chi connectivity index (χ0n) is 15.7. The first-order chi connectivity index (χ1) is 12.0. The number of rotatable bonds is 6. The van der Waals surface area contributed by atoms with Crippen LogP contribution in [0.1, 0.15) is 17.8 Å². The molecular weight excluding hydrogens is 312 g/mol. The first-order valence-corrected chi connectivity index (χ1v) is 8.91. The molecule has 3 heterocycles. The molecule has 0 N–H and O–H groups in total. The molecule has 3 rings (SSSR count). The molecule has 0 bridgehead atoms. The van der Waals surface area contributed by atoms with E-state index in [0.29, 0.717) is 6.04 Å². The third-order valence-electron chi connectivity index (χ3n) is 4.83. The molecule has 0 aliphatic carbocycles. The van der Waals surface area contributed by atoms with Gasteiger partial charge in [0.15, 0.2) is 0 Å². The van der Waals surface area contributed by atoms with Crippen LogP contribution in [0.4, 0.5) is 11.8 Å². The molecule has 1 atom stereocenters. The highest BCUT2D eigenvalue weighted by Gasteiger charge is 2.27. The Morgan fingerprint density at radius 1 is 1.16 bits per heavy atom. The third-order valence-corrected chi connectivity index (χ3v) is 4.83. The van der Waals surface area contributed by atoms with Crippen LogP contribution in [0.2, 0.25) is 0 Å². The maximum absolute atomic E-state index is 4.66. The van der Waals surface area contributed by atoms with Crippen molar-refractivity contribution in [3.05, 3.63) is 41.9 Å². The minimum absolute atomic E-state index is 0.461. The van der Waals surface area contributed by atoms with Gasteiger partial charge in [-0.25, -0.2) is 4.98 Å². The van der Waals surface area contributed by atoms with Crippen LogP contribution < -0.4 is 9.80 Å². The van der Waals surface area contributed by atoms with Crippen molar-refractivity contribution in [2.75, 3.05) is 50.6 Å². The van der Waals surface area contributed by atoms with Gasteiger partial charge in [-0.05, 0) is 31.5 Å². The van der Waals surface area contributed by atoms with Crippen LogP contribution in [0.5, 0.6) is 0 Å². The summed E-state index contributed by atoms with van der Waals surface area (Å²) in [6, 6.07) is 8.66. The number of hydrogen-bond acceptors (Lipinski definition) is 6. The predicted molar refractivity (Wildman–Crippen MR) is 102 cm³/mol. The standard InChI is InChI=1S/C19H28N6/c1-15-6-5-7-16(21-15)9-12-25-13-10-17(14-25)24(4)19-20-11-8-18(22-19)23(2)3/h5-8,11,17H,9-10,12-14H2,1-4H3. The van der Waals surface area contributed by atoms with Crippen molar-refractivity contribution >= 4 is 11.8 Å². The number of nitrogens with zero attached hydrogens (tertiary/aromatic N) is 6. The van der Waals surface area contributed by atoms with Gasteiger partial charge in [0, 0.05) is 70.8 Å². The van der Waals surface area contributed by atoms with Gasteiger partial charge in [-0.1, -0.05) is 6.07 Å². The lowest BCUT2D eigenvalue weighted by atomic mass is 10.2. The minimum Gasteiger partial charge on any atom is -0.363 e. The van der Waals surface area contributed by atoms with E-state index in [4.69, 9.17) is 0 Å². The zero-order valence-corrected chi connectivity index (χ0v) is 15.7. The van der Waals surface area contributed by atoms with Gasteiger partial charge >= 0.3 is 0 Å². The number of likely N-dealkylation sites (tertiary alicyclic amines) is 1. The number of aryl methyl sites for hydroxylation is 1. The second-order valence-electron chi connectivity index (χ2n) is 6.98. The fourth-order valence-electron chi connectivity index (χ4n) is 3.26. The van der Waals surface area contributed by atoms with Crippen LogP contribution in [-0.4, -0.2) is 66.7 Å². The van der Waals surface area contributed by atoms with Crippen LogP contribution in [0.25, 0.3) is 0 Å². The molecule has 1 fully saturated rings. The number of likely N-dealkylation sites (N-methyl/N-ethyl adjacent to an activating group) is 1. The molecule has 1 aliphatic rings. The Bertz CT molecular complexity index is 702. The molecule has 6 heteroatoms. The van der Waals surface area contributed by atoms with Crippen LogP contribution in [0, 0.1) is 6.92 Å². The van der Waals surface area contributed by atoms with Crippen LogP contribution in [-0.2, 0) is 6.42 Å². The van der Waals surface area contributed by atoms with Crippen molar-refractivity contribution in [1.82, 2.24) is 19.9 Å². The van der Waals surface area contributed by atoms with Gasteiger partial charge in [-0.2, -0.15) is 4.98 Å². The van der Waals surface area contributed by atoms with Crippen LogP contribution in [0.15, 0.2) is 30.5 Å². The number of pyridine rings is 1. The Morgan fingerprint density at radius 3 is 2.76 bits per heavy atom. The summed E-state index contributed by atoms with van der Waals surface area (Å²) in [5.74, 6) is 1.75. The van der Waals surface area contributed by atoms with E-state index in [-0.39, 0.29) is 0 Å². The predicted octanol–water partition coefficient (Wildman–Crippen LogP) is 2.00. The molecule has 1 unspecified atom stereocenters. The van der Waals surface area contributed by atoms with Gasteiger partial charge < -0.3 is 14.7 Å². The van der Waals surface area contributed by atoms with Crippen molar-refractivity contribution in [2.24, 2.45) is 0 Å². The van der Waals surface area contributed by atoms with Gasteiger partial charge in [0.1, 0.15) is 5.82 Å². The Balaban J connectivity index is 1.56. The van der Waals surface area contributed by atoms with E-state index in [1.165, 1.54) is 5.69 Å². The van der Waals surface area contributed by atoms with E-state index in [9.17, 15) is 0 Å². The molecule has 0 saturated carbocycles. The van der Waals surface area contributed by atoms with E-state index < -0.39 is 0 Å². The molecular formula is C19H28N6. The van der Waals surface area contributed by atoms with Crippen LogP contribution >= 0.6 is 0 Å². The summed E-state index contributed by atoms with van der Waals surface area (Å²) in [5, 5.41) is 0. The summed E-state index contributed by atoms with van der Waals surface area (Å²) in [6.45, 7) is 5.28. The topological polar surface area (TPSA) is 48.4 Å². The summed E-state index contributed by atoms with van der Waals surface area (Å²) in [7, 11) is 6.11. The highest BCUT2D eigenvalue weighted by atomic mass is 15.3. The Labute approximate surface area is 150 Å². The molecule has 0 radical (unpaired) electrons. The minimum atomic E-state index is 0.461. The van der Waals surface area contributed by atoms with Crippen LogP contribution in [0.3, 0.4) is 0 Å². The normalized spacial score (nSPS) is 17.7. The lowest BCUT2D eigenvalue weighted by Crippen LogP contribution is -2.36. The second kappa shape index (κ2) is 7.78.